The summed E-state index contributed by atoms with van der Waals surface area (Å²) in [5.74, 6) is -0.270. The number of rotatable bonds is 6. The molecule has 1 aromatic heterocycles. The largest absolute Gasteiger partial charge is 0.376 e. The van der Waals surface area contributed by atoms with Gasteiger partial charge < -0.3 is 10.2 Å². The maximum Gasteiger partial charge on any atom is 0.282 e. The number of likely N-dealkylation sites (tertiary alicyclic amines) is 1. The number of anilines is 1. The van der Waals surface area contributed by atoms with Crippen LogP contribution in [-0.4, -0.2) is 33.8 Å². The zero-order chi connectivity index (χ0) is 18.7. The van der Waals surface area contributed by atoms with Gasteiger partial charge in [-0.05, 0) is 38.3 Å². The van der Waals surface area contributed by atoms with Crippen molar-refractivity contribution in [1.82, 2.24) is 9.88 Å². The van der Waals surface area contributed by atoms with Gasteiger partial charge in [0.15, 0.2) is 0 Å². The SMILES string of the molecule is CCc1cnc(C(C)Nc2ccc([N+](=O)[O-])c(C(=O)N3CCCC3)c2)s1. The van der Waals surface area contributed by atoms with Gasteiger partial charge in [-0.1, -0.05) is 6.92 Å². The van der Waals surface area contributed by atoms with Gasteiger partial charge in [0.2, 0.25) is 0 Å². The van der Waals surface area contributed by atoms with Gasteiger partial charge >= 0.3 is 0 Å². The Balaban J connectivity index is 1.84. The van der Waals surface area contributed by atoms with Gasteiger partial charge in [0.1, 0.15) is 10.6 Å². The summed E-state index contributed by atoms with van der Waals surface area (Å²) >= 11 is 1.64. The molecule has 7 nitrogen and oxygen atoms in total. The quantitative estimate of drug-likeness (QED) is 0.609. The molecule has 8 heteroatoms. The van der Waals surface area contributed by atoms with E-state index in [4.69, 9.17) is 0 Å². The molecule has 26 heavy (non-hydrogen) atoms. The summed E-state index contributed by atoms with van der Waals surface area (Å²) in [4.78, 5) is 30.9. The van der Waals surface area contributed by atoms with E-state index in [1.54, 1.807) is 28.4 Å². The average molecular weight is 374 g/mol. The van der Waals surface area contributed by atoms with Crippen LogP contribution in [0.15, 0.2) is 24.4 Å². The predicted octanol–water partition coefficient (Wildman–Crippen LogP) is 4.02. The summed E-state index contributed by atoms with van der Waals surface area (Å²) in [7, 11) is 0. The predicted molar refractivity (Wildman–Crippen MR) is 102 cm³/mol. The smallest absolute Gasteiger partial charge is 0.282 e. The first kappa shape index (κ1) is 18.3. The van der Waals surface area contributed by atoms with Crippen molar-refractivity contribution < 1.29 is 9.72 Å². The van der Waals surface area contributed by atoms with Crippen LogP contribution in [0.4, 0.5) is 11.4 Å². The van der Waals surface area contributed by atoms with Gasteiger partial charge in [-0.25, -0.2) is 4.98 Å². The van der Waals surface area contributed by atoms with Crippen molar-refractivity contribution in [3.05, 3.63) is 50.0 Å². The van der Waals surface area contributed by atoms with Crippen molar-refractivity contribution in [3.63, 3.8) is 0 Å². The molecular weight excluding hydrogens is 352 g/mol. The van der Waals surface area contributed by atoms with Crippen LogP contribution in [0.1, 0.15) is 53.0 Å². The molecule has 0 radical (unpaired) electrons. The fraction of sp³-hybridized carbons (Fsp3) is 0.444. The lowest BCUT2D eigenvalue weighted by Gasteiger charge is -2.17. The molecule has 1 atom stereocenters. The third kappa shape index (κ3) is 3.85. The second kappa shape index (κ2) is 7.82. The van der Waals surface area contributed by atoms with Crippen LogP contribution in [0, 0.1) is 10.1 Å². The van der Waals surface area contributed by atoms with E-state index >= 15 is 0 Å². The third-order valence-electron chi connectivity index (χ3n) is 4.49. The number of thiazole rings is 1. The molecule has 0 bridgehead atoms. The van der Waals surface area contributed by atoms with Crippen molar-refractivity contribution in [2.75, 3.05) is 18.4 Å². The number of aryl methyl sites for hydroxylation is 1. The third-order valence-corrected chi connectivity index (χ3v) is 5.81. The monoisotopic (exact) mass is 374 g/mol. The molecule has 138 valence electrons. The Morgan fingerprint density at radius 2 is 2.15 bits per heavy atom. The molecule has 1 fully saturated rings. The van der Waals surface area contributed by atoms with Crippen LogP contribution in [0.2, 0.25) is 0 Å². The van der Waals surface area contributed by atoms with Crippen molar-refractivity contribution in [1.29, 1.82) is 0 Å². The maximum absolute atomic E-state index is 12.7. The van der Waals surface area contributed by atoms with Gasteiger partial charge in [-0.3, -0.25) is 14.9 Å². The van der Waals surface area contributed by atoms with Gasteiger partial charge in [-0.15, -0.1) is 11.3 Å². The summed E-state index contributed by atoms with van der Waals surface area (Å²) in [6.45, 7) is 5.38. The van der Waals surface area contributed by atoms with E-state index in [-0.39, 0.29) is 23.2 Å². The first-order valence-corrected chi connectivity index (χ1v) is 9.60. The number of hydrogen-bond acceptors (Lipinski definition) is 6. The summed E-state index contributed by atoms with van der Waals surface area (Å²) in [6.07, 6.45) is 4.70. The standard InChI is InChI=1S/C18H22N4O3S/c1-3-14-11-19-17(26-14)12(2)20-13-6-7-16(22(24)25)15(10-13)18(23)21-8-4-5-9-21/h6-7,10-12,20H,3-5,8-9H2,1-2H3. The lowest BCUT2D eigenvalue weighted by Crippen LogP contribution is -2.28. The number of nitrogens with zero attached hydrogens (tertiary/aromatic N) is 3. The van der Waals surface area contributed by atoms with E-state index in [0.717, 1.165) is 24.3 Å². The van der Waals surface area contributed by atoms with E-state index in [1.165, 1.54) is 10.9 Å². The van der Waals surface area contributed by atoms with Gasteiger partial charge in [0, 0.05) is 35.9 Å². The van der Waals surface area contributed by atoms with Crippen LogP contribution in [0.25, 0.3) is 0 Å². The van der Waals surface area contributed by atoms with Gasteiger partial charge in [-0.2, -0.15) is 0 Å². The minimum Gasteiger partial charge on any atom is -0.376 e. The minimum atomic E-state index is -0.495. The number of amides is 1. The molecule has 1 unspecified atom stereocenters. The maximum atomic E-state index is 12.7. The summed E-state index contributed by atoms with van der Waals surface area (Å²) < 4.78 is 0. The second-order valence-corrected chi connectivity index (χ2v) is 7.52. The van der Waals surface area contributed by atoms with Crippen LogP contribution in [-0.2, 0) is 6.42 Å². The molecule has 1 aliphatic rings. The summed E-state index contributed by atoms with van der Waals surface area (Å²) in [5.41, 5.74) is 0.670. The van der Waals surface area contributed by atoms with Crippen molar-refractivity contribution in [2.45, 2.75) is 39.2 Å². The Bertz CT molecular complexity index is 815. The van der Waals surface area contributed by atoms with E-state index < -0.39 is 4.92 Å². The lowest BCUT2D eigenvalue weighted by atomic mass is 10.1. The highest BCUT2D eigenvalue weighted by atomic mass is 32.1. The molecule has 1 saturated heterocycles. The van der Waals surface area contributed by atoms with Gasteiger partial charge in [0.05, 0.1) is 11.0 Å². The Morgan fingerprint density at radius 1 is 1.42 bits per heavy atom. The van der Waals surface area contributed by atoms with E-state index in [0.29, 0.717) is 18.8 Å². The molecule has 1 aliphatic heterocycles. The Morgan fingerprint density at radius 3 is 2.77 bits per heavy atom. The van der Waals surface area contributed by atoms with Crippen molar-refractivity contribution >= 4 is 28.6 Å². The normalized spacial score (nSPS) is 15.1. The fourth-order valence-electron chi connectivity index (χ4n) is 3.04. The molecule has 2 aromatic rings. The summed E-state index contributed by atoms with van der Waals surface area (Å²) in [6, 6.07) is 4.59. The number of nitro groups is 1. The molecular formula is C18H22N4O3S. The van der Waals surface area contributed by atoms with E-state index in [1.807, 2.05) is 13.1 Å². The van der Waals surface area contributed by atoms with E-state index in [9.17, 15) is 14.9 Å². The topological polar surface area (TPSA) is 88.4 Å². The fourth-order valence-corrected chi connectivity index (χ4v) is 3.90. The molecule has 0 saturated carbocycles. The van der Waals surface area contributed by atoms with Gasteiger partial charge in [0.25, 0.3) is 11.6 Å². The van der Waals surface area contributed by atoms with Crippen molar-refractivity contribution in [3.8, 4) is 0 Å². The molecule has 3 rings (SSSR count). The highest BCUT2D eigenvalue weighted by molar-refractivity contribution is 7.11. The van der Waals surface area contributed by atoms with E-state index in [2.05, 4.69) is 17.2 Å². The lowest BCUT2D eigenvalue weighted by molar-refractivity contribution is -0.385. The molecule has 0 aliphatic carbocycles. The highest BCUT2D eigenvalue weighted by Crippen LogP contribution is 2.29. The molecule has 0 spiro atoms. The minimum absolute atomic E-state index is 0.0449. The zero-order valence-corrected chi connectivity index (χ0v) is 15.7. The number of nitrogens with one attached hydrogen (secondary N) is 1. The highest BCUT2D eigenvalue weighted by Gasteiger charge is 2.27. The van der Waals surface area contributed by atoms with Crippen LogP contribution >= 0.6 is 11.3 Å². The molecule has 1 N–H and O–H groups in total. The number of aromatic nitrogens is 1. The molecule has 1 amide bonds. The van der Waals surface area contributed by atoms with Crippen LogP contribution in [0.5, 0.6) is 0 Å². The number of hydrogen-bond donors (Lipinski definition) is 1. The number of benzene rings is 1. The number of nitro benzene ring substituents is 1. The number of carbonyl (C=O) groups excluding carboxylic acids is 1. The Labute approximate surface area is 156 Å². The number of carbonyl (C=O) groups is 1. The van der Waals surface area contributed by atoms with Crippen LogP contribution in [0.3, 0.4) is 0 Å². The molecule has 1 aromatic carbocycles. The second-order valence-electron chi connectivity index (χ2n) is 6.37. The first-order valence-electron chi connectivity index (χ1n) is 8.78. The summed E-state index contributed by atoms with van der Waals surface area (Å²) in [5, 5.41) is 15.6. The molecule has 2 heterocycles. The van der Waals surface area contributed by atoms with Crippen LogP contribution < -0.4 is 5.32 Å². The Kier molecular flexibility index (Phi) is 5.51. The zero-order valence-electron chi connectivity index (χ0n) is 14.9. The Hall–Kier alpha value is -2.48. The first-order chi connectivity index (χ1) is 12.5. The average Bonchev–Trinajstić information content (AvgIpc) is 3.32. The van der Waals surface area contributed by atoms with Crippen molar-refractivity contribution in [2.24, 2.45) is 0 Å².